The molecule has 0 N–H and O–H groups in total. The van der Waals surface area contributed by atoms with Crippen molar-refractivity contribution in [1.29, 1.82) is 5.26 Å². The minimum absolute atomic E-state index is 0.0874. The molecule has 39 heavy (non-hydrogen) atoms. The van der Waals surface area contributed by atoms with Gasteiger partial charge >= 0.3 is 0 Å². The first-order valence-corrected chi connectivity index (χ1v) is 14.6. The molecule has 204 valence electrons. The van der Waals surface area contributed by atoms with Crippen LogP contribution in [0.1, 0.15) is 135 Å². The van der Waals surface area contributed by atoms with E-state index in [1.54, 1.807) is 12.1 Å². The monoisotopic (exact) mass is 520 g/mol. The zero-order valence-electron chi connectivity index (χ0n) is 25.0. The van der Waals surface area contributed by atoms with Gasteiger partial charge in [0, 0.05) is 23.7 Å². The van der Waals surface area contributed by atoms with Gasteiger partial charge in [0.2, 0.25) is 0 Å². The minimum atomic E-state index is -0.312. The molecule has 2 atom stereocenters. The summed E-state index contributed by atoms with van der Waals surface area (Å²) >= 11 is 0. The van der Waals surface area contributed by atoms with Gasteiger partial charge in [0.15, 0.2) is 5.78 Å². The predicted octanol–water partition coefficient (Wildman–Crippen LogP) is 9.30. The quantitative estimate of drug-likeness (QED) is 0.278. The molecule has 3 heteroatoms. The van der Waals surface area contributed by atoms with Crippen molar-refractivity contribution in [2.45, 2.75) is 97.4 Å². The average molecular weight is 521 g/mol. The molecular formula is C36H44N2O. The number of anilines is 1. The van der Waals surface area contributed by atoms with E-state index in [0.29, 0.717) is 34.8 Å². The smallest absolute Gasteiger partial charge is 0.185 e. The standard InChI is InChI=1S/C36H44N2O/c1-22(2)28-11-9-12-29(23(3)4)33(28)32-19-20-38(34-30(24(5)6)13-10-14-31(34)25(7)8)35(32)36(39)27-17-15-26(21-37)16-18-27/h9-18,22-25,32,35H,19-20H2,1-8H3. The highest BCUT2D eigenvalue weighted by molar-refractivity contribution is 6.03. The van der Waals surface area contributed by atoms with Crippen LogP contribution in [0.2, 0.25) is 0 Å². The Hall–Kier alpha value is -3.38. The maximum Gasteiger partial charge on any atom is 0.185 e. The van der Waals surface area contributed by atoms with Crippen LogP contribution in [-0.2, 0) is 0 Å². The van der Waals surface area contributed by atoms with Crippen LogP contribution in [0.5, 0.6) is 0 Å². The van der Waals surface area contributed by atoms with E-state index in [9.17, 15) is 10.1 Å². The second-order valence-electron chi connectivity index (χ2n) is 12.3. The van der Waals surface area contributed by atoms with Crippen molar-refractivity contribution in [3.05, 3.63) is 99.6 Å². The molecule has 0 bridgehead atoms. The van der Waals surface area contributed by atoms with Crippen LogP contribution in [0.15, 0.2) is 60.7 Å². The topological polar surface area (TPSA) is 44.1 Å². The first-order chi connectivity index (χ1) is 18.6. The summed E-state index contributed by atoms with van der Waals surface area (Å²) in [7, 11) is 0. The van der Waals surface area contributed by atoms with E-state index in [0.717, 1.165) is 13.0 Å². The van der Waals surface area contributed by atoms with Crippen LogP contribution in [0.3, 0.4) is 0 Å². The molecule has 0 aromatic heterocycles. The second kappa shape index (κ2) is 11.8. The molecule has 1 aliphatic rings. The molecule has 1 heterocycles. The molecule has 3 aromatic rings. The Balaban J connectivity index is 1.97. The van der Waals surface area contributed by atoms with Crippen molar-refractivity contribution in [2.24, 2.45) is 0 Å². The lowest BCUT2D eigenvalue weighted by atomic mass is 9.77. The predicted molar refractivity (Wildman–Crippen MR) is 163 cm³/mol. The van der Waals surface area contributed by atoms with Crippen molar-refractivity contribution in [1.82, 2.24) is 0 Å². The minimum Gasteiger partial charge on any atom is -0.360 e. The van der Waals surface area contributed by atoms with E-state index < -0.39 is 0 Å². The number of nitrogens with zero attached hydrogens (tertiary/aromatic N) is 2. The third-order valence-corrected chi connectivity index (χ3v) is 8.38. The largest absolute Gasteiger partial charge is 0.360 e. The molecular weight excluding hydrogens is 476 g/mol. The third kappa shape index (κ3) is 5.53. The van der Waals surface area contributed by atoms with Gasteiger partial charge in [0.25, 0.3) is 0 Å². The summed E-state index contributed by atoms with van der Waals surface area (Å²) in [4.78, 5) is 17.1. The van der Waals surface area contributed by atoms with Gasteiger partial charge in [-0.2, -0.15) is 5.26 Å². The van der Waals surface area contributed by atoms with E-state index >= 15 is 0 Å². The van der Waals surface area contributed by atoms with E-state index in [-0.39, 0.29) is 17.7 Å². The van der Waals surface area contributed by atoms with Crippen LogP contribution in [0, 0.1) is 11.3 Å². The fourth-order valence-electron chi connectivity index (χ4n) is 6.43. The van der Waals surface area contributed by atoms with Gasteiger partial charge in [-0.1, -0.05) is 104 Å². The number of nitriles is 1. The van der Waals surface area contributed by atoms with Crippen LogP contribution in [-0.4, -0.2) is 18.4 Å². The van der Waals surface area contributed by atoms with Gasteiger partial charge in [-0.05, 0) is 70.0 Å². The molecule has 1 saturated heterocycles. The average Bonchev–Trinajstić information content (AvgIpc) is 3.36. The summed E-state index contributed by atoms with van der Waals surface area (Å²) in [5, 5.41) is 9.35. The Bertz CT molecular complexity index is 1230. The summed E-state index contributed by atoms with van der Waals surface area (Å²) in [6.07, 6.45) is 0.931. The summed E-state index contributed by atoms with van der Waals surface area (Å²) in [5.74, 6) is 1.66. The van der Waals surface area contributed by atoms with Crippen LogP contribution >= 0.6 is 0 Å². The Morgan fingerprint density at radius 1 is 0.744 bits per heavy atom. The first kappa shape index (κ1) is 28.6. The number of benzene rings is 3. The van der Waals surface area contributed by atoms with Gasteiger partial charge in [0.05, 0.1) is 17.7 Å². The zero-order valence-corrected chi connectivity index (χ0v) is 25.0. The molecule has 1 aliphatic heterocycles. The Kier molecular flexibility index (Phi) is 8.65. The Labute approximate surface area is 235 Å². The van der Waals surface area contributed by atoms with E-state index in [1.807, 2.05) is 12.1 Å². The molecule has 0 radical (unpaired) electrons. The summed E-state index contributed by atoms with van der Waals surface area (Å²) in [6, 6.07) is 22.5. The number of Topliss-reactive ketones (excluding diaryl/α,β-unsaturated/α-hetero) is 1. The molecule has 3 aromatic carbocycles. The van der Waals surface area contributed by atoms with Gasteiger partial charge < -0.3 is 4.90 Å². The maximum atomic E-state index is 14.6. The molecule has 0 aliphatic carbocycles. The number of hydrogen-bond donors (Lipinski definition) is 0. The van der Waals surface area contributed by atoms with E-state index in [2.05, 4.69) is 103 Å². The number of carbonyl (C=O) groups excluding carboxylic acids is 1. The Morgan fingerprint density at radius 3 is 1.64 bits per heavy atom. The highest BCUT2D eigenvalue weighted by atomic mass is 16.1. The lowest BCUT2D eigenvalue weighted by Gasteiger charge is -2.35. The number of rotatable bonds is 8. The summed E-state index contributed by atoms with van der Waals surface area (Å²) in [6.45, 7) is 18.9. The van der Waals surface area contributed by atoms with Gasteiger partial charge in [-0.25, -0.2) is 0 Å². The molecule has 3 nitrogen and oxygen atoms in total. The van der Waals surface area contributed by atoms with E-state index in [1.165, 1.54) is 33.5 Å². The Morgan fingerprint density at radius 2 is 1.21 bits per heavy atom. The lowest BCUT2D eigenvalue weighted by Crippen LogP contribution is -2.41. The fraction of sp³-hybridized carbons (Fsp3) is 0.444. The van der Waals surface area contributed by atoms with Crippen molar-refractivity contribution >= 4 is 11.5 Å². The molecule has 1 fully saturated rings. The normalized spacial score (nSPS) is 17.5. The lowest BCUT2D eigenvalue weighted by molar-refractivity contribution is 0.0955. The third-order valence-electron chi connectivity index (χ3n) is 8.38. The molecule has 4 rings (SSSR count). The highest BCUT2D eigenvalue weighted by Gasteiger charge is 2.44. The number of carbonyl (C=O) groups is 1. The highest BCUT2D eigenvalue weighted by Crippen LogP contribution is 2.47. The maximum absolute atomic E-state index is 14.6. The molecule has 0 amide bonds. The molecule has 0 spiro atoms. The number of para-hydroxylation sites is 1. The SMILES string of the molecule is CC(C)c1cccc(C(C)C)c1C1CCN(c2c(C(C)C)cccc2C(C)C)C1C(=O)c1ccc(C#N)cc1. The van der Waals surface area contributed by atoms with Crippen LogP contribution in [0.4, 0.5) is 5.69 Å². The number of ketones is 1. The molecule has 2 unspecified atom stereocenters. The van der Waals surface area contributed by atoms with Crippen molar-refractivity contribution in [3.8, 4) is 6.07 Å². The first-order valence-electron chi connectivity index (χ1n) is 14.6. The van der Waals surface area contributed by atoms with Crippen molar-refractivity contribution in [3.63, 3.8) is 0 Å². The summed E-state index contributed by atoms with van der Waals surface area (Å²) < 4.78 is 0. The van der Waals surface area contributed by atoms with Gasteiger partial charge in [-0.3, -0.25) is 4.79 Å². The van der Waals surface area contributed by atoms with Crippen LogP contribution in [0.25, 0.3) is 0 Å². The second-order valence-corrected chi connectivity index (χ2v) is 12.3. The van der Waals surface area contributed by atoms with Gasteiger partial charge in [-0.15, -0.1) is 0 Å². The molecule has 0 saturated carbocycles. The van der Waals surface area contributed by atoms with Crippen molar-refractivity contribution in [2.75, 3.05) is 11.4 Å². The van der Waals surface area contributed by atoms with Crippen LogP contribution < -0.4 is 4.90 Å². The van der Waals surface area contributed by atoms with E-state index in [4.69, 9.17) is 0 Å². The number of hydrogen-bond acceptors (Lipinski definition) is 3. The summed E-state index contributed by atoms with van der Waals surface area (Å²) in [5.41, 5.74) is 9.18. The van der Waals surface area contributed by atoms with Crippen molar-refractivity contribution < 1.29 is 4.79 Å². The zero-order chi connectivity index (χ0) is 28.4. The fourth-order valence-corrected chi connectivity index (χ4v) is 6.43. The van der Waals surface area contributed by atoms with Gasteiger partial charge in [0.1, 0.15) is 0 Å².